The lowest BCUT2D eigenvalue weighted by atomic mass is 10.2. The largest absolute Gasteiger partial charge is 0.325 e. The number of hydrogen-bond acceptors (Lipinski definition) is 3. The number of amides is 1. The topological polar surface area (TPSA) is 44.4 Å². The standard InChI is InChI=1S/C14H19ClFN3O/c1-17-8-11-3-2-6-19(11)9-14(20)18-10-4-5-13(16)12(15)7-10/h4-5,7,11,17H,2-3,6,8-9H2,1H3,(H,18,20). The molecule has 1 aromatic rings. The van der Waals surface area contributed by atoms with E-state index in [1.807, 2.05) is 7.05 Å². The maximum Gasteiger partial charge on any atom is 0.238 e. The Kier molecular flexibility index (Phi) is 5.34. The highest BCUT2D eigenvalue weighted by atomic mass is 35.5. The lowest BCUT2D eigenvalue weighted by Gasteiger charge is -2.23. The first kappa shape index (κ1) is 15.2. The highest BCUT2D eigenvalue weighted by Gasteiger charge is 2.25. The van der Waals surface area contributed by atoms with Crippen LogP contribution < -0.4 is 10.6 Å². The Morgan fingerprint density at radius 1 is 1.55 bits per heavy atom. The van der Waals surface area contributed by atoms with E-state index in [2.05, 4.69) is 15.5 Å². The quantitative estimate of drug-likeness (QED) is 0.875. The summed E-state index contributed by atoms with van der Waals surface area (Å²) in [5.74, 6) is -0.589. The van der Waals surface area contributed by atoms with Gasteiger partial charge in [-0.05, 0) is 44.6 Å². The fourth-order valence-corrected chi connectivity index (χ4v) is 2.71. The maximum atomic E-state index is 13.0. The molecule has 0 aliphatic carbocycles. The maximum absolute atomic E-state index is 13.0. The zero-order chi connectivity index (χ0) is 14.5. The summed E-state index contributed by atoms with van der Waals surface area (Å²) >= 11 is 5.69. The second-order valence-electron chi connectivity index (χ2n) is 5.00. The molecule has 2 N–H and O–H groups in total. The van der Waals surface area contributed by atoms with Crippen molar-refractivity contribution in [3.63, 3.8) is 0 Å². The van der Waals surface area contributed by atoms with Gasteiger partial charge in [-0.1, -0.05) is 11.6 Å². The summed E-state index contributed by atoms with van der Waals surface area (Å²) in [6.45, 7) is 2.17. The number of nitrogens with zero attached hydrogens (tertiary/aromatic N) is 1. The SMILES string of the molecule is CNCC1CCCN1CC(=O)Nc1ccc(F)c(Cl)c1. The van der Waals surface area contributed by atoms with Crippen molar-refractivity contribution in [2.24, 2.45) is 0 Å². The Bertz CT molecular complexity index is 483. The molecule has 0 bridgehead atoms. The van der Waals surface area contributed by atoms with E-state index in [4.69, 9.17) is 11.6 Å². The average molecular weight is 300 g/mol. The van der Waals surface area contributed by atoms with Gasteiger partial charge in [0.15, 0.2) is 0 Å². The molecule has 1 fully saturated rings. The number of halogens is 2. The van der Waals surface area contributed by atoms with Gasteiger partial charge in [0.2, 0.25) is 5.91 Å². The molecule has 1 amide bonds. The van der Waals surface area contributed by atoms with Crippen molar-refractivity contribution >= 4 is 23.2 Å². The van der Waals surface area contributed by atoms with Crippen LogP contribution in [0.2, 0.25) is 5.02 Å². The van der Waals surface area contributed by atoms with Gasteiger partial charge >= 0.3 is 0 Å². The molecule has 0 saturated carbocycles. The summed E-state index contributed by atoms with van der Waals surface area (Å²) < 4.78 is 13.0. The first-order chi connectivity index (χ1) is 9.60. The lowest BCUT2D eigenvalue weighted by Crippen LogP contribution is -2.41. The summed E-state index contributed by atoms with van der Waals surface area (Å²) in [6, 6.07) is 4.58. The molecule has 1 saturated heterocycles. The molecule has 6 heteroatoms. The number of anilines is 1. The Labute approximate surface area is 123 Å². The molecule has 1 aliphatic rings. The highest BCUT2D eigenvalue weighted by Crippen LogP contribution is 2.20. The van der Waals surface area contributed by atoms with E-state index in [1.54, 1.807) is 0 Å². The first-order valence-corrected chi connectivity index (χ1v) is 7.11. The summed E-state index contributed by atoms with van der Waals surface area (Å²) in [4.78, 5) is 14.2. The van der Waals surface area contributed by atoms with Crippen molar-refractivity contribution in [2.75, 3.05) is 32.0 Å². The highest BCUT2D eigenvalue weighted by molar-refractivity contribution is 6.31. The van der Waals surface area contributed by atoms with Crippen LogP contribution in [0.4, 0.5) is 10.1 Å². The molecular formula is C14H19ClFN3O. The predicted molar refractivity (Wildman–Crippen MR) is 78.6 cm³/mol. The zero-order valence-electron chi connectivity index (χ0n) is 11.5. The molecule has 1 aliphatic heterocycles. The van der Waals surface area contributed by atoms with Crippen LogP contribution in [-0.2, 0) is 4.79 Å². The lowest BCUT2D eigenvalue weighted by molar-refractivity contribution is -0.117. The summed E-state index contributed by atoms with van der Waals surface area (Å²) in [7, 11) is 1.91. The van der Waals surface area contributed by atoms with E-state index < -0.39 is 5.82 Å². The number of rotatable bonds is 5. The minimum atomic E-state index is -0.488. The Balaban J connectivity index is 1.90. The molecule has 110 valence electrons. The number of benzene rings is 1. The van der Waals surface area contributed by atoms with Crippen molar-refractivity contribution in [1.82, 2.24) is 10.2 Å². The first-order valence-electron chi connectivity index (χ1n) is 6.73. The minimum absolute atomic E-state index is 0.0111. The number of likely N-dealkylation sites (tertiary alicyclic amines) is 1. The van der Waals surface area contributed by atoms with E-state index in [9.17, 15) is 9.18 Å². The second kappa shape index (κ2) is 7.02. The number of carbonyl (C=O) groups is 1. The molecule has 2 rings (SSSR count). The Morgan fingerprint density at radius 2 is 2.35 bits per heavy atom. The second-order valence-corrected chi connectivity index (χ2v) is 5.41. The van der Waals surface area contributed by atoms with Gasteiger partial charge in [0, 0.05) is 18.3 Å². The van der Waals surface area contributed by atoms with Crippen molar-refractivity contribution in [3.05, 3.63) is 29.0 Å². The van der Waals surface area contributed by atoms with Gasteiger partial charge in [-0.25, -0.2) is 4.39 Å². The van der Waals surface area contributed by atoms with Crippen molar-refractivity contribution in [2.45, 2.75) is 18.9 Å². The molecule has 0 aromatic heterocycles. The van der Waals surface area contributed by atoms with Crippen LogP contribution in [-0.4, -0.2) is 43.5 Å². The van der Waals surface area contributed by atoms with Crippen LogP contribution in [0.1, 0.15) is 12.8 Å². The predicted octanol–water partition coefficient (Wildman–Crippen LogP) is 2.10. The van der Waals surface area contributed by atoms with Crippen molar-refractivity contribution < 1.29 is 9.18 Å². The van der Waals surface area contributed by atoms with Gasteiger partial charge in [-0.3, -0.25) is 9.69 Å². The van der Waals surface area contributed by atoms with Crippen LogP contribution in [0.5, 0.6) is 0 Å². The smallest absolute Gasteiger partial charge is 0.238 e. The van der Waals surface area contributed by atoms with Crippen LogP contribution in [0, 0.1) is 5.82 Å². The van der Waals surface area contributed by atoms with Crippen LogP contribution in [0.25, 0.3) is 0 Å². The fraction of sp³-hybridized carbons (Fsp3) is 0.500. The van der Waals surface area contributed by atoms with Crippen LogP contribution >= 0.6 is 11.6 Å². The van der Waals surface area contributed by atoms with Gasteiger partial charge in [0.1, 0.15) is 5.82 Å². The Hall–Kier alpha value is -1.17. The molecular weight excluding hydrogens is 281 g/mol. The summed E-state index contributed by atoms with van der Waals surface area (Å²) in [6.07, 6.45) is 2.22. The van der Waals surface area contributed by atoms with Gasteiger partial charge in [-0.15, -0.1) is 0 Å². The zero-order valence-corrected chi connectivity index (χ0v) is 12.2. The van der Waals surface area contributed by atoms with Gasteiger partial charge in [0.05, 0.1) is 11.6 Å². The average Bonchev–Trinajstić information content (AvgIpc) is 2.82. The minimum Gasteiger partial charge on any atom is -0.325 e. The monoisotopic (exact) mass is 299 g/mol. The molecule has 20 heavy (non-hydrogen) atoms. The fourth-order valence-electron chi connectivity index (χ4n) is 2.53. The molecule has 1 aromatic carbocycles. The summed E-state index contributed by atoms with van der Waals surface area (Å²) in [5, 5.41) is 5.90. The van der Waals surface area contributed by atoms with E-state index in [1.165, 1.54) is 18.2 Å². The van der Waals surface area contributed by atoms with Crippen molar-refractivity contribution in [3.8, 4) is 0 Å². The van der Waals surface area contributed by atoms with Crippen LogP contribution in [0.3, 0.4) is 0 Å². The normalized spacial score (nSPS) is 19.2. The third kappa shape index (κ3) is 3.91. The summed E-state index contributed by atoms with van der Waals surface area (Å²) in [5.41, 5.74) is 0.519. The third-order valence-electron chi connectivity index (χ3n) is 3.49. The molecule has 1 unspecified atom stereocenters. The number of hydrogen-bond donors (Lipinski definition) is 2. The van der Waals surface area contributed by atoms with Crippen molar-refractivity contribution in [1.29, 1.82) is 0 Å². The molecule has 1 heterocycles. The molecule has 1 atom stereocenters. The molecule has 0 radical (unpaired) electrons. The van der Waals surface area contributed by atoms with Gasteiger partial charge in [0.25, 0.3) is 0 Å². The number of carbonyl (C=O) groups excluding carboxylic acids is 1. The third-order valence-corrected chi connectivity index (χ3v) is 3.78. The number of likely N-dealkylation sites (N-methyl/N-ethyl adjacent to an activating group) is 1. The van der Waals surface area contributed by atoms with E-state index in [-0.39, 0.29) is 10.9 Å². The Morgan fingerprint density at radius 3 is 3.05 bits per heavy atom. The van der Waals surface area contributed by atoms with Crippen LogP contribution in [0.15, 0.2) is 18.2 Å². The van der Waals surface area contributed by atoms with Gasteiger partial charge in [-0.2, -0.15) is 0 Å². The number of nitrogens with one attached hydrogen (secondary N) is 2. The van der Waals surface area contributed by atoms with Gasteiger partial charge < -0.3 is 10.6 Å². The molecule has 0 spiro atoms. The van der Waals surface area contributed by atoms with E-state index >= 15 is 0 Å². The molecule has 4 nitrogen and oxygen atoms in total. The van der Waals surface area contributed by atoms with E-state index in [0.29, 0.717) is 18.3 Å². The van der Waals surface area contributed by atoms with E-state index in [0.717, 1.165) is 25.9 Å².